The molecule has 0 bridgehead atoms. The van der Waals surface area contributed by atoms with Crippen LogP contribution in [0.5, 0.6) is 0 Å². The monoisotopic (exact) mass is 396 g/mol. The second-order valence-corrected chi connectivity index (χ2v) is 6.94. The average Bonchev–Trinajstić information content (AvgIpc) is 3.30. The highest BCUT2D eigenvalue weighted by Gasteiger charge is 2.36. The lowest BCUT2D eigenvalue weighted by Gasteiger charge is -2.15. The van der Waals surface area contributed by atoms with Gasteiger partial charge in [0.25, 0.3) is 11.8 Å². The highest BCUT2D eigenvalue weighted by Crippen LogP contribution is 2.28. The molecule has 30 heavy (non-hydrogen) atoms. The van der Waals surface area contributed by atoms with Crippen LogP contribution < -0.4 is 5.32 Å². The average molecular weight is 396 g/mol. The molecule has 7 heteroatoms. The molecule has 2 heterocycles. The summed E-state index contributed by atoms with van der Waals surface area (Å²) >= 11 is 0. The number of imidazole rings is 1. The van der Waals surface area contributed by atoms with Crippen molar-refractivity contribution in [1.29, 1.82) is 0 Å². The number of aromatic nitrogens is 2. The number of carbonyl (C=O) groups excluding carboxylic acids is 3. The Hall–Kier alpha value is -4.26. The summed E-state index contributed by atoms with van der Waals surface area (Å²) in [6, 6.07) is 21.4. The summed E-state index contributed by atoms with van der Waals surface area (Å²) in [6.07, 6.45) is 0. The van der Waals surface area contributed by atoms with E-state index in [0.29, 0.717) is 28.2 Å². The molecule has 0 spiro atoms. The minimum absolute atomic E-state index is 0.318. The Morgan fingerprint density at radius 2 is 1.43 bits per heavy atom. The number of fused-ring (bicyclic) bond motifs is 2. The fraction of sp³-hybridized carbons (Fsp3) is 0.0435. The molecule has 1 aromatic heterocycles. The van der Waals surface area contributed by atoms with Crippen LogP contribution in [0.15, 0.2) is 72.8 Å². The van der Waals surface area contributed by atoms with Crippen LogP contribution in [-0.2, 0) is 4.79 Å². The fourth-order valence-corrected chi connectivity index (χ4v) is 3.60. The van der Waals surface area contributed by atoms with Crippen LogP contribution in [0, 0.1) is 0 Å². The number of nitrogens with one attached hydrogen (secondary N) is 2. The van der Waals surface area contributed by atoms with Gasteiger partial charge in [0.2, 0.25) is 5.91 Å². The smallest absolute Gasteiger partial charge is 0.262 e. The van der Waals surface area contributed by atoms with Crippen molar-refractivity contribution in [2.24, 2.45) is 0 Å². The van der Waals surface area contributed by atoms with Crippen LogP contribution in [-0.4, -0.2) is 39.1 Å². The topological polar surface area (TPSA) is 95.2 Å². The molecule has 0 saturated carbocycles. The molecule has 0 unspecified atom stereocenters. The van der Waals surface area contributed by atoms with Gasteiger partial charge in [0.1, 0.15) is 12.4 Å². The Labute approximate surface area is 171 Å². The number of carbonyl (C=O) groups is 3. The molecule has 0 saturated heterocycles. The third kappa shape index (κ3) is 2.93. The van der Waals surface area contributed by atoms with Gasteiger partial charge in [-0.05, 0) is 36.4 Å². The van der Waals surface area contributed by atoms with E-state index in [0.717, 1.165) is 15.9 Å². The maximum absolute atomic E-state index is 12.7. The predicted octanol–water partition coefficient (Wildman–Crippen LogP) is 3.46. The van der Waals surface area contributed by atoms with E-state index in [-0.39, 0.29) is 6.54 Å². The highest BCUT2D eigenvalue weighted by molar-refractivity contribution is 6.22. The van der Waals surface area contributed by atoms with Gasteiger partial charge in [-0.25, -0.2) is 4.98 Å². The van der Waals surface area contributed by atoms with Gasteiger partial charge in [0, 0.05) is 5.56 Å². The summed E-state index contributed by atoms with van der Waals surface area (Å²) in [4.78, 5) is 46.5. The molecule has 0 atom stereocenters. The number of hydrogen-bond acceptors (Lipinski definition) is 4. The van der Waals surface area contributed by atoms with E-state index in [4.69, 9.17) is 0 Å². The molecule has 2 N–H and O–H groups in total. The van der Waals surface area contributed by atoms with Gasteiger partial charge < -0.3 is 10.3 Å². The lowest BCUT2D eigenvalue weighted by atomic mass is 10.1. The van der Waals surface area contributed by atoms with Gasteiger partial charge in [-0.2, -0.15) is 0 Å². The Morgan fingerprint density at radius 3 is 2.13 bits per heavy atom. The third-order valence-corrected chi connectivity index (χ3v) is 5.03. The number of imide groups is 1. The Balaban J connectivity index is 1.39. The molecule has 0 aliphatic carbocycles. The van der Waals surface area contributed by atoms with Crippen LogP contribution >= 0.6 is 0 Å². The maximum atomic E-state index is 12.7. The second kappa shape index (κ2) is 6.97. The zero-order valence-electron chi connectivity index (χ0n) is 15.8. The molecule has 146 valence electrons. The first kappa shape index (κ1) is 17.8. The van der Waals surface area contributed by atoms with Gasteiger partial charge in [0.05, 0.1) is 27.8 Å². The maximum Gasteiger partial charge on any atom is 0.262 e. The zero-order valence-corrected chi connectivity index (χ0v) is 15.8. The number of hydrogen-bond donors (Lipinski definition) is 2. The van der Waals surface area contributed by atoms with Crippen molar-refractivity contribution in [2.45, 2.75) is 0 Å². The number of amides is 3. The minimum atomic E-state index is -0.465. The summed E-state index contributed by atoms with van der Waals surface area (Å²) in [7, 11) is 0. The first-order chi connectivity index (χ1) is 14.6. The Kier molecular flexibility index (Phi) is 4.14. The summed E-state index contributed by atoms with van der Waals surface area (Å²) in [5.41, 5.74) is 3.60. The molecular weight excluding hydrogens is 380 g/mol. The van der Waals surface area contributed by atoms with Crippen LogP contribution in [0.25, 0.3) is 22.4 Å². The van der Waals surface area contributed by atoms with E-state index >= 15 is 0 Å². The van der Waals surface area contributed by atoms with Crippen molar-refractivity contribution >= 4 is 34.4 Å². The standard InChI is InChI=1S/C23H16N4O3/c28-20(13-27-22(29)14-7-1-2-8-15(14)23(27)30)24-17-10-4-3-9-16(17)21-25-18-11-5-6-12-19(18)26-21/h1-12H,13H2,(H,24,28)(H,25,26). The predicted molar refractivity (Wildman–Crippen MR) is 112 cm³/mol. The number of anilines is 1. The molecule has 1 aliphatic rings. The van der Waals surface area contributed by atoms with Crippen LogP contribution in [0.1, 0.15) is 20.7 Å². The lowest BCUT2D eigenvalue weighted by molar-refractivity contribution is -0.116. The molecule has 3 amide bonds. The highest BCUT2D eigenvalue weighted by atomic mass is 16.2. The summed E-state index contributed by atoms with van der Waals surface area (Å²) in [5.74, 6) is -0.770. The Bertz CT molecular complexity index is 1260. The molecule has 0 fully saturated rings. The molecule has 3 aromatic carbocycles. The SMILES string of the molecule is O=C(CN1C(=O)c2ccccc2C1=O)Nc1ccccc1-c1nc2ccccc2[nH]1. The van der Waals surface area contributed by atoms with Crippen LogP contribution in [0.2, 0.25) is 0 Å². The zero-order chi connectivity index (χ0) is 20.7. The van der Waals surface area contributed by atoms with E-state index in [1.807, 2.05) is 36.4 Å². The molecule has 0 radical (unpaired) electrons. The first-order valence-corrected chi connectivity index (χ1v) is 9.41. The normalized spacial score (nSPS) is 13.0. The van der Waals surface area contributed by atoms with Crippen molar-refractivity contribution < 1.29 is 14.4 Å². The largest absolute Gasteiger partial charge is 0.338 e. The first-order valence-electron chi connectivity index (χ1n) is 9.41. The number of H-pyrrole nitrogens is 1. The van der Waals surface area contributed by atoms with E-state index in [1.54, 1.807) is 36.4 Å². The number of nitrogens with zero attached hydrogens (tertiary/aromatic N) is 2. The van der Waals surface area contributed by atoms with E-state index in [9.17, 15) is 14.4 Å². The Morgan fingerprint density at radius 1 is 0.833 bits per heavy atom. The van der Waals surface area contributed by atoms with Crippen molar-refractivity contribution in [3.05, 3.63) is 83.9 Å². The fourth-order valence-electron chi connectivity index (χ4n) is 3.60. The van der Waals surface area contributed by atoms with Gasteiger partial charge in [-0.1, -0.05) is 36.4 Å². The van der Waals surface area contributed by atoms with Gasteiger partial charge in [-0.3, -0.25) is 19.3 Å². The molecule has 1 aliphatic heterocycles. The summed E-state index contributed by atoms with van der Waals surface area (Å²) in [6.45, 7) is -0.360. The van der Waals surface area contributed by atoms with Crippen LogP contribution in [0.4, 0.5) is 5.69 Å². The van der Waals surface area contributed by atoms with E-state index in [1.165, 1.54) is 0 Å². The summed E-state index contributed by atoms with van der Waals surface area (Å²) in [5, 5.41) is 2.80. The molecular formula is C23H16N4O3. The third-order valence-electron chi connectivity index (χ3n) is 5.03. The van der Waals surface area contributed by atoms with E-state index < -0.39 is 17.7 Å². The quantitative estimate of drug-likeness (QED) is 0.517. The van der Waals surface area contributed by atoms with E-state index in [2.05, 4.69) is 15.3 Å². The lowest BCUT2D eigenvalue weighted by Crippen LogP contribution is -2.37. The van der Waals surface area contributed by atoms with Gasteiger partial charge in [-0.15, -0.1) is 0 Å². The molecule has 5 rings (SSSR count). The van der Waals surface area contributed by atoms with Gasteiger partial charge in [0.15, 0.2) is 0 Å². The van der Waals surface area contributed by atoms with Crippen molar-refractivity contribution in [3.8, 4) is 11.4 Å². The number of rotatable bonds is 4. The van der Waals surface area contributed by atoms with Crippen molar-refractivity contribution in [2.75, 3.05) is 11.9 Å². The number of para-hydroxylation sites is 3. The molecule has 4 aromatic rings. The number of benzene rings is 3. The van der Waals surface area contributed by atoms with Gasteiger partial charge >= 0.3 is 0 Å². The number of aromatic amines is 1. The molecule has 7 nitrogen and oxygen atoms in total. The van der Waals surface area contributed by atoms with Crippen molar-refractivity contribution in [3.63, 3.8) is 0 Å². The second-order valence-electron chi connectivity index (χ2n) is 6.94. The minimum Gasteiger partial charge on any atom is -0.338 e. The van der Waals surface area contributed by atoms with Crippen LogP contribution in [0.3, 0.4) is 0 Å². The van der Waals surface area contributed by atoms with Crippen molar-refractivity contribution in [1.82, 2.24) is 14.9 Å². The summed E-state index contributed by atoms with van der Waals surface area (Å²) < 4.78 is 0.